The fourth-order valence-corrected chi connectivity index (χ4v) is 2.26. The van der Waals surface area contributed by atoms with Crippen LogP contribution in [0.3, 0.4) is 0 Å². The summed E-state index contributed by atoms with van der Waals surface area (Å²) >= 11 is 0. The number of halogens is 3. The Balaban J connectivity index is 3.28. The molecule has 0 atom stereocenters. The van der Waals surface area contributed by atoms with Gasteiger partial charge in [-0.1, -0.05) is 27.7 Å². The first-order valence-electron chi connectivity index (χ1n) is 7.97. The van der Waals surface area contributed by atoms with E-state index in [9.17, 15) is 18.0 Å². The Morgan fingerprint density at radius 1 is 1.17 bits per heavy atom. The predicted octanol–water partition coefficient (Wildman–Crippen LogP) is 4.93. The molecule has 0 fully saturated rings. The minimum atomic E-state index is -4.43. The molecule has 0 radical (unpaired) electrons. The number of carbonyl (C=O) groups excluding carboxylic acids is 1. The third-order valence-corrected chi connectivity index (χ3v) is 3.43. The van der Waals surface area contributed by atoms with Gasteiger partial charge in [0.1, 0.15) is 0 Å². The lowest BCUT2D eigenvalue weighted by atomic mass is 10.1. The molecule has 1 amide bonds. The Kier molecular flexibility index (Phi) is 6.91. The van der Waals surface area contributed by atoms with Crippen LogP contribution in [0.2, 0.25) is 0 Å². The average molecular weight is 330 g/mol. The van der Waals surface area contributed by atoms with Crippen molar-refractivity contribution in [2.45, 2.75) is 46.7 Å². The molecule has 1 aromatic carbocycles. The molecule has 0 saturated carbocycles. The molecule has 0 aliphatic rings. The van der Waals surface area contributed by atoms with Gasteiger partial charge in [0.25, 0.3) is 0 Å². The predicted molar refractivity (Wildman–Crippen MR) is 87.7 cm³/mol. The average Bonchev–Trinajstić information content (AvgIpc) is 2.46. The lowest BCUT2D eigenvalue weighted by molar-refractivity contribution is -0.137. The van der Waals surface area contributed by atoms with Crippen molar-refractivity contribution < 1.29 is 18.0 Å². The number of rotatable bonds is 7. The number of hydrogen-bond donors (Lipinski definition) is 1. The molecule has 0 spiro atoms. The molecule has 0 bridgehead atoms. The molecule has 6 heteroatoms. The van der Waals surface area contributed by atoms with Crippen LogP contribution in [0.15, 0.2) is 18.2 Å². The zero-order valence-corrected chi connectivity index (χ0v) is 14.1. The molecule has 0 aliphatic carbocycles. The number of alkyl halides is 3. The number of anilines is 2. The largest absolute Gasteiger partial charge is 0.416 e. The first kappa shape index (κ1) is 19.3. The van der Waals surface area contributed by atoms with Crippen LogP contribution in [0, 0.1) is 5.92 Å². The van der Waals surface area contributed by atoms with Crippen molar-refractivity contribution in [3.8, 4) is 0 Å². The van der Waals surface area contributed by atoms with Crippen LogP contribution in [-0.2, 0) is 11.0 Å². The van der Waals surface area contributed by atoms with Gasteiger partial charge in [0.15, 0.2) is 0 Å². The van der Waals surface area contributed by atoms with Gasteiger partial charge >= 0.3 is 6.18 Å². The van der Waals surface area contributed by atoms with Gasteiger partial charge in [-0.2, -0.15) is 13.2 Å². The van der Waals surface area contributed by atoms with Gasteiger partial charge in [-0.15, -0.1) is 0 Å². The minimum Gasteiger partial charge on any atom is -0.370 e. The molecule has 23 heavy (non-hydrogen) atoms. The molecular formula is C17H25F3N2O. The smallest absolute Gasteiger partial charge is 0.370 e. The van der Waals surface area contributed by atoms with Gasteiger partial charge in [0.2, 0.25) is 5.91 Å². The van der Waals surface area contributed by atoms with Crippen molar-refractivity contribution in [2.24, 2.45) is 5.92 Å². The lowest BCUT2D eigenvalue weighted by Crippen LogP contribution is -2.27. The molecule has 0 heterocycles. The minimum absolute atomic E-state index is 0.223. The Bertz CT molecular complexity index is 521. The van der Waals surface area contributed by atoms with Crippen molar-refractivity contribution in [1.82, 2.24) is 0 Å². The van der Waals surface area contributed by atoms with Crippen LogP contribution in [0.1, 0.15) is 46.1 Å². The summed E-state index contributed by atoms with van der Waals surface area (Å²) in [4.78, 5) is 14.0. The van der Waals surface area contributed by atoms with Crippen molar-refractivity contribution in [3.63, 3.8) is 0 Å². The maximum Gasteiger partial charge on any atom is 0.416 e. The normalized spacial score (nSPS) is 11.7. The van der Waals surface area contributed by atoms with E-state index in [1.165, 1.54) is 6.07 Å². The molecule has 0 aromatic heterocycles. The Morgan fingerprint density at radius 3 is 2.17 bits per heavy atom. The van der Waals surface area contributed by atoms with Crippen LogP contribution in [0.5, 0.6) is 0 Å². The third-order valence-electron chi connectivity index (χ3n) is 3.43. The number of nitrogens with one attached hydrogen (secondary N) is 1. The molecule has 130 valence electrons. The van der Waals surface area contributed by atoms with E-state index in [-0.39, 0.29) is 17.5 Å². The van der Waals surface area contributed by atoms with Gasteiger partial charge in [0, 0.05) is 19.0 Å². The highest BCUT2D eigenvalue weighted by Gasteiger charge is 2.31. The maximum atomic E-state index is 13.0. The SMILES string of the molecule is CCCN(CCC)c1ccc(C(F)(F)F)cc1NC(=O)C(C)C. The van der Waals surface area contributed by atoms with Crippen LogP contribution in [-0.4, -0.2) is 19.0 Å². The zero-order chi connectivity index (χ0) is 17.6. The van der Waals surface area contributed by atoms with E-state index in [2.05, 4.69) is 5.32 Å². The first-order chi connectivity index (χ1) is 10.7. The van der Waals surface area contributed by atoms with Crippen molar-refractivity contribution in [3.05, 3.63) is 23.8 Å². The molecular weight excluding hydrogens is 305 g/mol. The summed E-state index contributed by atoms with van der Waals surface area (Å²) in [5.74, 6) is -0.596. The van der Waals surface area contributed by atoms with Gasteiger partial charge < -0.3 is 10.2 Å². The van der Waals surface area contributed by atoms with E-state index in [0.29, 0.717) is 5.69 Å². The van der Waals surface area contributed by atoms with E-state index in [1.54, 1.807) is 13.8 Å². The third kappa shape index (κ3) is 5.44. The molecule has 0 unspecified atom stereocenters. The van der Waals surface area contributed by atoms with Crippen LogP contribution in [0.4, 0.5) is 24.5 Å². The van der Waals surface area contributed by atoms with Crippen molar-refractivity contribution in [1.29, 1.82) is 0 Å². The maximum absolute atomic E-state index is 13.0. The molecule has 1 rings (SSSR count). The highest BCUT2D eigenvalue weighted by Crippen LogP contribution is 2.35. The number of amides is 1. The number of carbonyl (C=O) groups is 1. The molecule has 1 aromatic rings. The summed E-state index contributed by atoms with van der Waals surface area (Å²) in [6, 6.07) is 3.54. The highest BCUT2D eigenvalue weighted by molar-refractivity contribution is 5.95. The van der Waals surface area contributed by atoms with E-state index < -0.39 is 11.7 Å². The van der Waals surface area contributed by atoms with Crippen LogP contribution >= 0.6 is 0 Å². The second-order valence-corrected chi connectivity index (χ2v) is 5.86. The molecule has 0 saturated heterocycles. The summed E-state index contributed by atoms with van der Waals surface area (Å²) < 4.78 is 38.9. The number of hydrogen-bond acceptors (Lipinski definition) is 2. The van der Waals surface area contributed by atoms with Gasteiger partial charge in [-0.3, -0.25) is 4.79 Å². The van der Waals surface area contributed by atoms with E-state index >= 15 is 0 Å². The lowest BCUT2D eigenvalue weighted by Gasteiger charge is -2.27. The Hall–Kier alpha value is -1.72. The fraction of sp³-hybridized carbons (Fsp3) is 0.588. The van der Waals surface area contributed by atoms with Crippen molar-refractivity contribution >= 4 is 17.3 Å². The summed E-state index contributed by atoms with van der Waals surface area (Å²) in [5, 5.41) is 2.64. The molecule has 0 aliphatic heterocycles. The Labute approximate surface area is 135 Å². The monoisotopic (exact) mass is 330 g/mol. The Morgan fingerprint density at radius 2 is 1.74 bits per heavy atom. The van der Waals surface area contributed by atoms with E-state index in [0.717, 1.165) is 38.1 Å². The topological polar surface area (TPSA) is 32.3 Å². The second-order valence-electron chi connectivity index (χ2n) is 5.86. The summed E-state index contributed by atoms with van der Waals surface area (Å²) in [6.07, 6.45) is -2.69. The molecule has 3 nitrogen and oxygen atoms in total. The van der Waals surface area contributed by atoms with Crippen LogP contribution in [0.25, 0.3) is 0 Å². The van der Waals surface area contributed by atoms with Crippen molar-refractivity contribution in [2.75, 3.05) is 23.3 Å². The highest BCUT2D eigenvalue weighted by atomic mass is 19.4. The van der Waals surface area contributed by atoms with Gasteiger partial charge in [0.05, 0.1) is 16.9 Å². The van der Waals surface area contributed by atoms with E-state index in [1.807, 2.05) is 18.7 Å². The first-order valence-corrected chi connectivity index (χ1v) is 7.97. The van der Waals surface area contributed by atoms with E-state index in [4.69, 9.17) is 0 Å². The zero-order valence-electron chi connectivity index (χ0n) is 14.1. The summed E-state index contributed by atoms with van der Waals surface area (Å²) in [5.41, 5.74) is 0.101. The van der Waals surface area contributed by atoms with Gasteiger partial charge in [-0.05, 0) is 31.0 Å². The second kappa shape index (κ2) is 8.22. The van der Waals surface area contributed by atoms with Crippen LogP contribution < -0.4 is 10.2 Å². The number of nitrogens with zero attached hydrogens (tertiary/aromatic N) is 1. The quantitative estimate of drug-likeness (QED) is 0.769. The molecule has 1 N–H and O–H groups in total. The summed E-state index contributed by atoms with van der Waals surface area (Å²) in [6.45, 7) is 8.89. The fourth-order valence-electron chi connectivity index (χ4n) is 2.26. The standard InChI is InChI=1S/C17H25F3N2O/c1-5-9-22(10-6-2)15-8-7-13(17(18,19)20)11-14(15)21-16(23)12(3)4/h7-8,11-12H,5-6,9-10H2,1-4H3,(H,21,23). The van der Waals surface area contributed by atoms with Gasteiger partial charge in [-0.25, -0.2) is 0 Å². The number of benzene rings is 1. The summed E-state index contributed by atoms with van der Waals surface area (Å²) in [7, 11) is 0.